The molecule has 1 aromatic carbocycles. The first-order valence-electron chi connectivity index (χ1n) is 6.84. The molecule has 1 saturated heterocycles. The highest BCUT2D eigenvalue weighted by Gasteiger charge is 2.48. The van der Waals surface area contributed by atoms with Crippen LogP contribution in [0, 0.1) is 5.41 Å². The molecule has 0 unspecified atom stereocenters. The first-order valence-corrected chi connectivity index (χ1v) is 6.84. The maximum absolute atomic E-state index is 12.0. The number of carbonyl (C=O) groups excluding carboxylic acids is 1. The van der Waals surface area contributed by atoms with Gasteiger partial charge in [-0.2, -0.15) is 0 Å². The van der Waals surface area contributed by atoms with E-state index in [1.807, 2.05) is 30.3 Å². The first kappa shape index (κ1) is 15.8. The molecule has 1 aliphatic rings. The molecule has 1 fully saturated rings. The number of likely N-dealkylation sites (tertiary alicyclic amines) is 1. The van der Waals surface area contributed by atoms with E-state index in [0.717, 1.165) is 5.56 Å². The number of amides is 1. The minimum absolute atomic E-state index is 0.0924. The van der Waals surface area contributed by atoms with Crippen LogP contribution in [0.4, 0.5) is 4.79 Å². The fraction of sp³-hybridized carbons (Fsp3) is 0.400. The van der Waals surface area contributed by atoms with Crippen molar-refractivity contribution in [1.82, 2.24) is 4.90 Å². The summed E-state index contributed by atoms with van der Waals surface area (Å²) in [4.78, 5) is 35.4. The minimum atomic E-state index is -1.43. The molecule has 118 valence electrons. The fourth-order valence-electron chi connectivity index (χ4n) is 2.52. The van der Waals surface area contributed by atoms with Crippen molar-refractivity contribution in [3.05, 3.63) is 35.9 Å². The molecule has 0 saturated carbocycles. The van der Waals surface area contributed by atoms with Gasteiger partial charge in [0, 0.05) is 13.1 Å². The topological polar surface area (TPSA) is 104 Å². The molecule has 0 bridgehead atoms. The first-order chi connectivity index (χ1) is 10.4. The summed E-state index contributed by atoms with van der Waals surface area (Å²) in [7, 11) is 0. The van der Waals surface area contributed by atoms with Crippen molar-refractivity contribution in [1.29, 1.82) is 0 Å². The predicted octanol–water partition coefficient (Wildman–Crippen LogP) is 1.57. The van der Waals surface area contributed by atoms with Crippen LogP contribution in [0.15, 0.2) is 30.3 Å². The molecule has 1 aliphatic heterocycles. The standard InChI is InChI=1S/C15H17NO6/c17-12(18)8-15(13(19)20)6-7-16(10-15)14(21)22-9-11-4-2-1-3-5-11/h1-5H,6-10H2,(H,17,18)(H,19,20)/t15-/m0/s1. The monoisotopic (exact) mass is 307 g/mol. The zero-order valence-corrected chi connectivity index (χ0v) is 11.9. The third-order valence-electron chi connectivity index (χ3n) is 3.76. The highest BCUT2D eigenvalue weighted by molar-refractivity contribution is 5.83. The quantitative estimate of drug-likeness (QED) is 0.855. The lowest BCUT2D eigenvalue weighted by molar-refractivity contribution is -0.154. The largest absolute Gasteiger partial charge is 0.481 e. The third-order valence-corrected chi connectivity index (χ3v) is 3.76. The molecule has 0 spiro atoms. The number of aliphatic carboxylic acids is 2. The molecule has 2 N–H and O–H groups in total. The van der Waals surface area contributed by atoms with Crippen molar-refractivity contribution in [2.24, 2.45) is 5.41 Å². The van der Waals surface area contributed by atoms with Crippen LogP contribution in [-0.2, 0) is 20.9 Å². The van der Waals surface area contributed by atoms with Gasteiger partial charge in [-0.25, -0.2) is 4.79 Å². The van der Waals surface area contributed by atoms with Crippen LogP contribution in [0.3, 0.4) is 0 Å². The normalized spacial score (nSPS) is 20.6. The Kier molecular flexibility index (Phi) is 4.65. The van der Waals surface area contributed by atoms with Crippen LogP contribution in [0.5, 0.6) is 0 Å². The van der Waals surface area contributed by atoms with Crippen molar-refractivity contribution in [2.45, 2.75) is 19.4 Å². The third kappa shape index (κ3) is 3.55. The van der Waals surface area contributed by atoms with E-state index in [2.05, 4.69) is 0 Å². The van der Waals surface area contributed by atoms with Gasteiger partial charge in [-0.15, -0.1) is 0 Å². The summed E-state index contributed by atoms with van der Waals surface area (Å²) in [5.41, 5.74) is -0.609. The van der Waals surface area contributed by atoms with E-state index in [1.165, 1.54) is 4.90 Å². The summed E-state index contributed by atoms with van der Waals surface area (Å²) in [5, 5.41) is 18.1. The summed E-state index contributed by atoms with van der Waals surface area (Å²) in [6, 6.07) is 9.11. The molecule has 1 atom stereocenters. The molecule has 22 heavy (non-hydrogen) atoms. The van der Waals surface area contributed by atoms with Crippen LogP contribution < -0.4 is 0 Å². The second-order valence-corrected chi connectivity index (χ2v) is 5.37. The predicted molar refractivity (Wildman–Crippen MR) is 75.1 cm³/mol. The molecule has 7 heteroatoms. The van der Waals surface area contributed by atoms with E-state index in [1.54, 1.807) is 0 Å². The van der Waals surface area contributed by atoms with Gasteiger partial charge >= 0.3 is 18.0 Å². The number of carbonyl (C=O) groups is 3. The Hall–Kier alpha value is -2.57. The van der Waals surface area contributed by atoms with Crippen molar-refractivity contribution in [3.63, 3.8) is 0 Å². The summed E-state index contributed by atoms with van der Waals surface area (Å²) in [5.74, 6) is -2.39. The van der Waals surface area contributed by atoms with Crippen molar-refractivity contribution in [2.75, 3.05) is 13.1 Å². The molecule has 1 aromatic rings. The Morgan fingerprint density at radius 1 is 1.18 bits per heavy atom. The highest BCUT2D eigenvalue weighted by atomic mass is 16.6. The molecule has 0 aromatic heterocycles. The maximum atomic E-state index is 12.0. The molecular formula is C15H17NO6. The van der Waals surface area contributed by atoms with Crippen LogP contribution in [0.1, 0.15) is 18.4 Å². The number of carboxylic acid groups (broad SMARTS) is 2. The van der Waals surface area contributed by atoms with E-state index in [9.17, 15) is 19.5 Å². The number of carboxylic acids is 2. The van der Waals surface area contributed by atoms with Gasteiger partial charge in [-0.3, -0.25) is 9.59 Å². The average molecular weight is 307 g/mol. The summed E-state index contributed by atoms with van der Waals surface area (Å²) in [6.07, 6.45) is -1.03. The van der Waals surface area contributed by atoms with E-state index in [0.29, 0.717) is 0 Å². The van der Waals surface area contributed by atoms with Crippen LogP contribution in [0.2, 0.25) is 0 Å². The highest BCUT2D eigenvalue weighted by Crippen LogP contribution is 2.34. The number of ether oxygens (including phenoxy) is 1. The Morgan fingerprint density at radius 2 is 1.86 bits per heavy atom. The van der Waals surface area contributed by atoms with Crippen molar-refractivity contribution >= 4 is 18.0 Å². The zero-order chi connectivity index (χ0) is 16.2. The molecule has 1 heterocycles. The van der Waals surface area contributed by atoms with Crippen molar-refractivity contribution < 1.29 is 29.3 Å². The molecule has 2 rings (SSSR count). The van der Waals surface area contributed by atoms with Gasteiger partial charge in [0.05, 0.1) is 11.8 Å². The van der Waals surface area contributed by atoms with Crippen LogP contribution >= 0.6 is 0 Å². The SMILES string of the molecule is O=C(O)C[C@@]1(C(=O)O)CCN(C(=O)OCc2ccccc2)C1. The smallest absolute Gasteiger partial charge is 0.410 e. The maximum Gasteiger partial charge on any atom is 0.410 e. The molecular weight excluding hydrogens is 290 g/mol. The van der Waals surface area contributed by atoms with Crippen LogP contribution in [-0.4, -0.2) is 46.2 Å². The Balaban J connectivity index is 1.95. The number of rotatable bonds is 5. The Morgan fingerprint density at radius 3 is 2.45 bits per heavy atom. The number of hydrogen-bond donors (Lipinski definition) is 2. The number of hydrogen-bond acceptors (Lipinski definition) is 4. The van der Waals surface area contributed by atoms with Gasteiger partial charge in [0.25, 0.3) is 0 Å². The van der Waals surface area contributed by atoms with E-state index >= 15 is 0 Å². The second kappa shape index (κ2) is 6.46. The average Bonchev–Trinajstić information content (AvgIpc) is 2.91. The van der Waals surface area contributed by atoms with Gasteiger partial charge in [0.1, 0.15) is 6.61 Å². The summed E-state index contributed by atoms with van der Waals surface area (Å²) in [6.45, 7) is 0.116. The number of benzene rings is 1. The lowest BCUT2D eigenvalue weighted by atomic mass is 9.84. The van der Waals surface area contributed by atoms with E-state index in [4.69, 9.17) is 9.84 Å². The molecule has 0 radical (unpaired) electrons. The fourth-order valence-corrected chi connectivity index (χ4v) is 2.52. The lowest BCUT2D eigenvalue weighted by Crippen LogP contribution is -2.38. The molecule has 1 amide bonds. The second-order valence-electron chi connectivity index (χ2n) is 5.37. The van der Waals surface area contributed by atoms with E-state index in [-0.39, 0.29) is 26.1 Å². The van der Waals surface area contributed by atoms with Crippen LogP contribution in [0.25, 0.3) is 0 Å². The Bertz CT molecular complexity index is 573. The Labute approximate surface area is 127 Å². The summed E-state index contributed by atoms with van der Waals surface area (Å²) < 4.78 is 5.14. The van der Waals surface area contributed by atoms with E-state index < -0.39 is 29.9 Å². The van der Waals surface area contributed by atoms with Crippen molar-refractivity contribution in [3.8, 4) is 0 Å². The zero-order valence-electron chi connectivity index (χ0n) is 11.9. The number of nitrogens with zero attached hydrogens (tertiary/aromatic N) is 1. The van der Waals surface area contributed by atoms with Gasteiger partial charge in [0.2, 0.25) is 0 Å². The molecule has 0 aliphatic carbocycles. The van der Waals surface area contributed by atoms with Gasteiger partial charge < -0.3 is 19.8 Å². The summed E-state index contributed by atoms with van der Waals surface area (Å²) >= 11 is 0. The molecule has 7 nitrogen and oxygen atoms in total. The van der Waals surface area contributed by atoms with Gasteiger partial charge in [-0.05, 0) is 12.0 Å². The minimum Gasteiger partial charge on any atom is -0.481 e. The lowest BCUT2D eigenvalue weighted by Gasteiger charge is -2.22. The van der Waals surface area contributed by atoms with Gasteiger partial charge in [-0.1, -0.05) is 30.3 Å². The van der Waals surface area contributed by atoms with Gasteiger partial charge in [0.15, 0.2) is 0 Å².